The third-order valence-electron chi connectivity index (χ3n) is 3.01. The number of alkyl halides is 3. The van der Waals surface area contributed by atoms with Crippen LogP contribution in [0.15, 0.2) is 17.6 Å². The van der Waals surface area contributed by atoms with Gasteiger partial charge in [0, 0.05) is 44.2 Å². The molecule has 1 saturated heterocycles. The molecule has 0 aromatic heterocycles. The molecule has 1 aliphatic rings. The van der Waals surface area contributed by atoms with E-state index in [4.69, 9.17) is 0 Å². The lowest BCUT2D eigenvalue weighted by molar-refractivity contribution is -0.143. The Hall–Kier alpha value is -0.890. The third kappa shape index (κ3) is 8.21. The molecule has 0 bridgehead atoms. The molecule has 8 heteroatoms. The van der Waals surface area contributed by atoms with Crippen molar-refractivity contribution >= 4 is 17.7 Å². The second-order valence-electron chi connectivity index (χ2n) is 4.84. The summed E-state index contributed by atoms with van der Waals surface area (Å²) in [4.78, 5) is 5.51. The number of rotatable bonds is 7. The van der Waals surface area contributed by atoms with Gasteiger partial charge < -0.3 is 10.6 Å². The molecule has 0 spiro atoms. The molecular formula is C13H23F3N4S. The summed E-state index contributed by atoms with van der Waals surface area (Å²) in [6.45, 7) is 4.43. The molecule has 0 amide bonds. The Morgan fingerprint density at radius 3 is 2.90 bits per heavy atom. The summed E-state index contributed by atoms with van der Waals surface area (Å²) in [5.74, 6) is 2.48. The topological polar surface area (TPSA) is 39.7 Å². The molecule has 0 aromatic carbocycles. The Balaban J connectivity index is 2.24. The lowest BCUT2D eigenvalue weighted by Gasteiger charge is -2.19. The third-order valence-corrected chi connectivity index (χ3v) is 3.98. The molecule has 1 fully saturated rings. The van der Waals surface area contributed by atoms with Gasteiger partial charge in [-0.2, -0.15) is 24.9 Å². The summed E-state index contributed by atoms with van der Waals surface area (Å²) in [7, 11) is 1.66. The van der Waals surface area contributed by atoms with Crippen molar-refractivity contribution in [3.63, 3.8) is 0 Å². The Kier molecular flexibility index (Phi) is 7.95. The van der Waals surface area contributed by atoms with Crippen molar-refractivity contribution in [1.29, 1.82) is 0 Å². The molecule has 1 heterocycles. The lowest BCUT2D eigenvalue weighted by atomic mass is 10.3. The summed E-state index contributed by atoms with van der Waals surface area (Å²) < 4.78 is 37.0. The molecule has 122 valence electrons. The van der Waals surface area contributed by atoms with Crippen molar-refractivity contribution < 1.29 is 13.2 Å². The first kappa shape index (κ1) is 18.2. The second kappa shape index (κ2) is 9.19. The number of nitrogens with one attached hydrogen (secondary N) is 2. The Labute approximate surface area is 128 Å². The molecule has 21 heavy (non-hydrogen) atoms. The summed E-state index contributed by atoms with van der Waals surface area (Å²) >= 11 is 1.76. The van der Waals surface area contributed by atoms with E-state index < -0.39 is 12.7 Å². The number of likely N-dealkylation sites (tertiary alicyclic amines) is 1. The van der Waals surface area contributed by atoms with Gasteiger partial charge >= 0.3 is 6.18 Å². The highest BCUT2D eigenvalue weighted by Crippen LogP contribution is 2.19. The highest BCUT2D eigenvalue weighted by Gasteiger charge is 2.34. The van der Waals surface area contributed by atoms with Crippen LogP contribution < -0.4 is 10.6 Å². The van der Waals surface area contributed by atoms with E-state index in [-0.39, 0.29) is 6.04 Å². The normalized spacial score (nSPS) is 20.6. The average Bonchev–Trinajstić information content (AvgIpc) is 2.82. The van der Waals surface area contributed by atoms with Crippen LogP contribution in [0.5, 0.6) is 0 Å². The highest BCUT2D eigenvalue weighted by atomic mass is 32.2. The van der Waals surface area contributed by atoms with Crippen LogP contribution in [-0.2, 0) is 0 Å². The number of thioether (sulfide) groups is 1. The van der Waals surface area contributed by atoms with Gasteiger partial charge in [0.05, 0.1) is 6.54 Å². The molecule has 1 atom stereocenters. The van der Waals surface area contributed by atoms with Crippen LogP contribution in [0, 0.1) is 0 Å². The fourth-order valence-electron chi connectivity index (χ4n) is 2.14. The molecule has 1 aliphatic heterocycles. The maximum Gasteiger partial charge on any atom is 0.401 e. The van der Waals surface area contributed by atoms with Crippen molar-refractivity contribution in [2.75, 3.05) is 44.7 Å². The number of hydrogen-bond donors (Lipinski definition) is 2. The predicted molar refractivity (Wildman–Crippen MR) is 82.9 cm³/mol. The van der Waals surface area contributed by atoms with Gasteiger partial charge in [0.25, 0.3) is 0 Å². The van der Waals surface area contributed by atoms with Crippen molar-refractivity contribution in [1.82, 2.24) is 15.5 Å². The van der Waals surface area contributed by atoms with Crippen molar-refractivity contribution in [3.8, 4) is 0 Å². The van der Waals surface area contributed by atoms with Crippen LogP contribution in [0.4, 0.5) is 13.2 Å². The first-order valence-corrected chi connectivity index (χ1v) is 8.05. The molecule has 1 rings (SSSR count). The van der Waals surface area contributed by atoms with Gasteiger partial charge in [0.1, 0.15) is 0 Å². The maximum absolute atomic E-state index is 12.3. The van der Waals surface area contributed by atoms with Gasteiger partial charge in [0.2, 0.25) is 0 Å². The molecule has 1 unspecified atom stereocenters. The zero-order valence-corrected chi connectivity index (χ0v) is 13.1. The second-order valence-corrected chi connectivity index (χ2v) is 5.99. The van der Waals surface area contributed by atoms with E-state index in [2.05, 4.69) is 22.2 Å². The van der Waals surface area contributed by atoms with Crippen molar-refractivity contribution in [2.45, 2.75) is 18.6 Å². The SMILES string of the molecule is C=CCSCCNC(=NC)NC1CCN(CC(F)(F)F)C1. The average molecular weight is 324 g/mol. The van der Waals surface area contributed by atoms with E-state index in [1.54, 1.807) is 18.8 Å². The van der Waals surface area contributed by atoms with E-state index in [0.29, 0.717) is 25.5 Å². The van der Waals surface area contributed by atoms with Crippen molar-refractivity contribution in [3.05, 3.63) is 12.7 Å². The number of aliphatic imine (C=N–C) groups is 1. The number of nitrogens with zero attached hydrogens (tertiary/aromatic N) is 2. The van der Waals surface area contributed by atoms with Crippen LogP contribution in [0.3, 0.4) is 0 Å². The number of hydrogen-bond acceptors (Lipinski definition) is 3. The number of guanidine groups is 1. The zero-order valence-electron chi connectivity index (χ0n) is 12.2. The fourth-order valence-corrected chi connectivity index (χ4v) is 2.72. The van der Waals surface area contributed by atoms with Crippen LogP contribution >= 0.6 is 11.8 Å². The number of halogens is 3. The maximum atomic E-state index is 12.3. The van der Waals surface area contributed by atoms with Gasteiger partial charge in [-0.1, -0.05) is 6.08 Å². The van der Waals surface area contributed by atoms with Gasteiger partial charge in [-0.3, -0.25) is 9.89 Å². The molecule has 0 saturated carbocycles. The summed E-state index contributed by atoms with van der Waals surface area (Å²) in [6, 6.07) is 0.0133. The summed E-state index contributed by atoms with van der Waals surface area (Å²) in [5.41, 5.74) is 0. The van der Waals surface area contributed by atoms with Gasteiger partial charge in [-0.25, -0.2) is 0 Å². The van der Waals surface area contributed by atoms with E-state index in [1.165, 1.54) is 4.90 Å². The molecule has 0 aromatic rings. The van der Waals surface area contributed by atoms with E-state index in [1.807, 2.05) is 6.08 Å². The first-order chi connectivity index (χ1) is 9.94. The minimum Gasteiger partial charge on any atom is -0.356 e. The molecule has 0 aliphatic carbocycles. The van der Waals surface area contributed by atoms with Gasteiger partial charge in [-0.15, -0.1) is 6.58 Å². The largest absolute Gasteiger partial charge is 0.401 e. The van der Waals surface area contributed by atoms with Crippen molar-refractivity contribution in [2.24, 2.45) is 4.99 Å². The first-order valence-electron chi connectivity index (χ1n) is 6.89. The van der Waals surface area contributed by atoms with Crippen LogP contribution in [0.2, 0.25) is 0 Å². The molecule has 0 radical (unpaired) electrons. The van der Waals surface area contributed by atoms with Gasteiger partial charge in [-0.05, 0) is 6.42 Å². The van der Waals surface area contributed by atoms with Crippen LogP contribution in [0.25, 0.3) is 0 Å². The van der Waals surface area contributed by atoms with E-state index >= 15 is 0 Å². The van der Waals surface area contributed by atoms with Crippen LogP contribution in [-0.4, -0.2) is 67.8 Å². The van der Waals surface area contributed by atoms with E-state index in [9.17, 15) is 13.2 Å². The fraction of sp³-hybridized carbons (Fsp3) is 0.769. The monoisotopic (exact) mass is 324 g/mol. The minimum absolute atomic E-state index is 0.0133. The van der Waals surface area contributed by atoms with Crippen LogP contribution in [0.1, 0.15) is 6.42 Å². The van der Waals surface area contributed by atoms with Gasteiger partial charge in [0.15, 0.2) is 5.96 Å². The minimum atomic E-state index is -4.13. The summed E-state index contributed by atoms with van der Waals surface area (Å²) in [6.07, 6.45) is -1.58. The predicted octanol–water partition coefficient (Wildman–Crippen LogP) is 1.71. The highest BCUT2D eigenvalue weighted by molar-refractivity contribution is 7.99. The Morgan fingerprint density at radius 2 is 2.29 bits per heavy atom. The Morgan fingerprint density at radius 1 is 1.52 bits per heavy atom. The summed E-state index contributed by atoms with van der Waals surface area (Å²) in [5, 5.41) is 6.33. The lowest BCUT2D eigenvalue weighted by Crippen LogP contribution is -2.45. The molecular weight excluding hydrogens is 301 g/mol. The quantitative estimate of drug-likeness (QED) is 0.324. The van der Waals surface area contributed by atoms with E-state index in [0.717, 1.165) is 18.1 Å². The molecule has 4 nitrogen and oxygen atoms in total. The smallest absolute Gasteiger partial charge is 0.356 e. The Bertz CT molecular complexity index is 347. The molecule has 2 N–H and O–H groups in total. The standard InChI is InChI=1S/C13H23F3N4S/c1-3-7-21-8-5-18-12(17-2)19-11-4-6-20(9-11)10-13(14,15)16/h3,11H,1,4-10H2,2H3,(H2,17,18,19). The zero-order chi connectivity index (χ0) is 15.7.